The van der Waals surface area contributed by atoms with Gasteiger partial charge in [-0.25, -0.2) is 4.79 Å². The van der Waals surface area contributed by atoms with E-state index in [0.717, 1.165) is 10.3 Å². The van der Waals surface area contributed by atoms with Crippen LogP contribution in [0.4, 0.5) is 11.5 Å². The molecule has 0 fully saturated rings. The van der Waals surface area contributed by atoms with Crippen molar-refractivity contribution in [3.05, 3.63) is 71.3 Å². The quantitative estimate of drug-likeness (QED) is 0.693. The summed E-state index contributed by atoms with van der Waals surface area (Å²) < 4.78 is 29.5. The molecule has 2 aromatic carbocycles. The Bertz CT molecular complexity index is 1070. The molecule has 0 N–H and O–H groups in total. The van der Waals surface area contributed by atoms with Gasteiger partial charge >= 0.3 is 5.69 Å². The van der Waals surface area contributed by atoms with Gasteiger partial charge in [-0.1, -0.05) is 24.3 Å². The first-order valence-electron chi connectivity index (χ1n) is 8.67. The molecule has 5 nitrogen and oxygen atoms in total. The number of aromatic nitrogens is 2. The number of fused-ring (bicyclic) bond motifs is 2. The molecule has 5 heteroatoms. The van der Waals surface area contributed by atoms with E-state index in [1.807, 2.05) is 30.3 Å². The van der Waals surface area contributed by atoms with Crippen LogP contribution in [0.2, 0.25) is 0 Å². The average molecular weight is 308 g/mol. The fourth-order valence-corrected chi connectivity index (χ4v) is 2.67. The van der Waals surface area contributed by atoms with Crippen molar-refractivity contribution in [1.29, 1.82) is 0 Å². The standard InChI is InChI=1S/C18H15N3O2/c1-20-14-8-3-2-7-13(14)17(19-18(20)22)21-11-6-12-23-16-10-5-4-9-15(16)21/h2-11H,12H2,1H3/i1D3. The zero-order chi connectivity index (χ0) is 18.3. The number of nitrogens with zero attached hydrogens (tertiary/aromatic N) is 3. The predicted molar refractivity (Wildman–Crippen MR) is 90.2 cm³/mol. The normalized spacial score (nSPS) is 16.0. The second kappa shape index (κ2) is 5.28. The number of para-hydroxylation sites is 3. The Morgan fingerprint density at radius 3 is 2.91 bits per heavy atom. The molecule has 0 radical (unpaired) electrons. The summed E-state index contributed by atoms with van der Waals surface area (Å²) in [6.45, 7) is -2.23. The molecule has 1 aliphatic heterocycles. The molecule has 0 amide bonds. The lowest BCUT2D eigenvalue weighted by molar-refractivity contribution is 0.366. The molecule has 0 unspecified atom stereocenters. The Hall–Kier alpha value is -3.08. The minimum atomic E-state index is -2.61. The Labute approximate surface area is 137 Å². The molecule has 1 aliphatic rings. The molecule has 0 spiro atoms. The highest BCUT2D eigenvalue weighted by Crippen LogP contribution is 2.36. The van der Waals surface area contributed by atoms with Gasteiger partial charge in [0.05, 0.1) is 11.2 Å². The maximum atomic E-state index is 12.6. The Balaban J connectivity index is 2.04. The van der Waals surface area contributed by atoms with Crippen LogP contribution < -0.4 is 15.3 Å². The first-order valence-corrected chi connectivity index (χ1v) is 7.17. The molecule has 0 saturated carbocycles. The van der Waals surface area contributed by atoms with Crippen LogP contribution in [0, 0.1) is 0 Å². The summed E-state index contributed by atoms with van der Waals surface area (Å²) in [6.07, 6.45) is 3.59. The molecule has 2 heterocycles. The van der Waals surface area contributed by atoms with E-state index < -0.39 is 12.7 Å². The van der Waals surface area contributed by atoms with Gasteiger partial charge in [0, 0.05) is 22.7 Å². The number of hydrogen-bond donors (Lipinski definition) is 0. The van der Waals surface area contributed by atoms with Crippen molar-refractivity contribution in [3.8, 4) is 5.75 Å². The Kier molecular flexibility index (Phi) is 2.44. The van der Waals surface area contributed by atoms with Crippen molar-refractivity contribution in [2.24, 2.45) is 6.98 Å². The van der Waals surface area contributed by atoms with E-state index in [4.69, 9.17) is 8.85 Å². The van der Waals surface area contributed by atoms with Crippen molar-refractivity contribution >= 4 is 22.4 Å². The van der Waals surface area contributed by atoms with Crippen molar-refractivity contribution in [1.82, 2.24) is 9.55 Å². The zero-order valence-corrected chi connectivity index (χ0v) is 12.1. The van der Waals surface area contributed by atoms with Crippen LogP contribution in [0.25, 0.3) is 10.9 Å². The maximum absolute atomic E-state index is 12.6. The Morgan fingerprint density at radius 2 is 2.00 bits per heavy atom. The summed E-state index contributed by atoms with van der Waals surface area (Å²) in [4.78, 5) is 18.4. The smallest absolute Gasteiger partial charge is 0.349 e. The number of anilines is 2. The predicted octanol–water partition coefficient (Wildman–Crippen LogP) is 2.98. The summed E-state index contributed by atoms with van der Waals surface area (Å²) in [7, 11) is 0. The fraction of sp³-hybridized carbons (Fsp3) is 0.111. The van der Waals surface area contributed by atoms with Crippen LogP contribution in [-0.2, 0) is 6.98 Å². The van der Waals surface area contributed by atoms with Crippen LogP contribution in [-0.4, -0.2) is 16.2 Å². The molecule has 0 aliphatic carbocycles. The molecule has 0 saturated heterocycles. The van der Waals surface area contributed by atoms with Gasteiger partial charge in [-0.2, -0.15) is 4.98 Å². The molecule has 4 rings (SSSR count). The van der Waals surface area contributed by atoms with E-state index in [0.29, 0.717) is 29.1 Å². The maximum Gasteiger partial charge on any atom is 0.349 e. The number of aryl methyl sites for hydroxylation is 1. The van der Waals surface area contributed by atoms with Gasteiger partial charge in [0.1, 0.15) is 12.4 Å². The molecule has 1 aromatic heterocycles. The summed E-state index contributed by atoms with van der Waals surface area (Å²) in [5.41, 5.74) is 0.207. The molecule has 0 atom stereocenters. The third-order valence-corrected chi connectivity index (χ3v) is 3.72. The lowest BCUT2D eigenvalue weighted by Crippen LogP contribution is -2.24. The number of benzene rings is 2. The van der Waals surface area contributed by atoms with Gasteiger partial charge in [-0.3, -0.25) is 9.47 Å². The number of ether oxygens (including phenoxy) is 1. The third-order valence-electron chi connectivity index (χ3n) is 3.72. The van der Waals surface area contributed by atoms with E-state index in [1.165, 1.54) is 0 Å². The first kappa shape index (κ1) is 10.6. The second-order valence-corrected chi connectivity index (χ2v) is 5.10. The molecular formula is C18H15N3O2. The van der Waals surface area contributed by atoms with E-state index in [-0.39, 0.29) is 0 Å². The minimum absolute atomic E-state index is 0.304. The van der Waals surface area contributed by atoms with Gasteiger partial charge in [-0.05, 0) is 30.3 Å². The summed E-state index contributed by atoms with van der Waals surface area (Å²) >= 11 is 0. The van der Waals surface area contributed by atoms with E-state index in [1.54, 1.807) is 35.4 Å². The lowest BCUT2D eigenvalue weighted by atomic mass is 10.2. The first-order chi connectivity index (χ1) is 12.5. The van der Waals surface area contributed by atoms with Gasteiger partial charge in [0.2, 0.25) is 0 Å². The SMILES string of the molecule is [2H]C([2H])([2H])n1c(=O)nc(N2C=CCOc3ccccc32)c2ccccc21. The van der Waals surface area contributed by atoms with E-state index in [2.05, 4.69) is 4.98 Å². The molecular weight excluding hydrogens is 290 g/mol. The van der Waals surface area contributed by atoms with Crippen LogP contribution in [0.15, 0.2) is 65.6 Å². The van der Waals surface area contributed by atoms with E-state index >= 15 is 0 Å². The van der Waals surface area contributed by atoms with Crippen LogP contribution in [0.5, 0.6) is 5.75 Å². The van der Waals surface area contributed by atoms with Crippen molar-refractivity contribution in [2.75, 3.05) is 11.5 Å². The van der Waals surface area contributed by atoms with Crippen molar-refractivity contribution in [2.45, 2.75) is 0 Å². The summed E-state index contributed by atoms with van der Waals surface area (Å²) in [5.74, 6) is 1.02. The Morgan fingerprint density at radius 1 is 1.17 bits per heavy atom. The van der Waals surface area contributed by atoms with Gasteiger partial charge in [0.25, 0.3) is 0 Å². The molecule has 114 valence electrons. The van der Waals surface area contributed by atoms with Gasteiger partial charge in [-0.15, -0.1) is 0 Å². The molecule has 3 aromatic rings. The zero-order valence-electron chi connectivity index (χ0n) is 15.1. The lowest BCUT2D eigenvalue weighted by Gasteiger charge is -2.22. The third kappa shape index (κ3) is 2.17. The highest BCUT2D eigenvalue weighted by atomic mass is 16.5. The van der Waals surface area contributed by atoms with Gasteiger partial charge in [0.15, 0.2) is 5.82 Å². The highest BCUT2D eigenvalue weighted by Gasteiger charge is 2.19. The summed E-state index contributed by atoms with van der Waals surface area (Å²) in [5, 5.41) is 0.560. The van der Waals surface area contributed by atoms with Gasteiger partial charge < -0.3 is 4.74 Å². The average Bonchev–Trinajstić information content (AvgIpc) is 2.82. The van der Waals surface area contributed by atoms with E-state index in [9.17, 15) is 4.79 Å². The fourth-order valence-electron chi connectivity index (χ4n) is 2.67. The van der Waals surface area contributed by atoms with Crippen molar-refractivity contribution < 1.29 is 8.85 Å². The topological polar surface area (TPSA) is 47.4 Å². The number of hydrogen-bond acceptors (Lipinski definition) is 4. The van der Waals surface area contributed by atoms with Crippen LogP contribution >= 0.6 is 0 Å². The van der Waals surface area contributed by atoms with Crippen LogP contribution in [0.3, 0.4) is 0 Å². The van der Waals surface area contributed by atoms with Crippen molar-refractivity contribution in [3.63, 3.8) is 0 Å². The minimum Gasteiger partial charge on any atom is -0.487 e. The number of rotatable bonds is 1. The molecule has 23 heavy (non-hydrogen) atoms. The molecule has 0 bridgehead atoms. The summed E-state index contributed by atoms with van der Waals surface area (Å²) in [6, 6.07) is 14.3. The second-order valence-electron chi connectivity index (χ2n) is 5.10. The highest BCUT2D eigenvalue weighted by molar-refractivity contribution is 5.93. The largest absolute Gasteiger partial charge is 0.487 e. The van der Waals surface area contributed by atoms with Crippen LogP contribution in [0.1, 0.15) is 4.11 Å². The monoisotopic (exact) mass is 308 g/mol.